The van der Waals surface area contributed by atoms with Gasteiger partial charge in [0.2, 0.25) is 5.91 Å². The summed E-state index contributed by atoms with van der Waals surface area (Å²) in [5.41, 5.74) is 4.81. The van der Waals surface area contributed by atoms with Crippen LogP contribution in [-0.2, 0) is 20.7 Å². The van der Waals surface area contributed by atoms with E-state index >= 15 is 0 Å². The van der Waals surface area contributed by atoms with Crippen LogP contribution in [0.5, 0.6) is 0 Å². The maximum atomic E-state index is 13.4. The topological polar surface area (TPSA) is 49.9 Å². The molecule has 1 amide bonds. The number of amides is 1. The molecular weight excluding hydrogens is 412 g/mol. The highest BCUT2D eigenvalue weighted by Gasteiger charge is 2.43. The van der Waals surface area contributed by atoms with Crippen molar-refractivity contribution in [1.82, 2.24) is 4.90 Å². The molecular formula is C28H28N2O3. The summed E-state index contributed by atoms with van der Waals surface area (Å²) in [6, 6.07) is 21.8. The minimum Gasteiger partial charge on any atom is -0.469 e. The number of nitrogens with zero attached hydrogens (tertiary/aromatic N) is 2. The van der Waals surface area contributed by atoms with Crippen LogP contribution in [0, 0.1) is 0 Å². The molecule has 168 valence electrons. The van der Waals surface area contributed by atoms with Crippen molar-refractivity contribution in [3.8, 4) is 0 Å². The summed E-state index contributed by atoms with van der Waals surface area (Å²) in [5.74, 6) is -0.735. The van der Waals surface area contributed by atoms with Crippen LogP contribution in [0.25, 0.3) is 10.8 Å². The first-order valence-corrected chi connectivity index (χ1v) is 11.9. The molecule has 33 heavy (non-hydrogen) atoms. The van der Waals surface area contributed by atoms with Crippen LogP contribution in [0.1, 0.15) is 47.9 Å². The molecule has 0 aromatic heterocycles. The highest BCUT2D eigenvalue weighted by atomic mass is 16.5. The normalized spacial score (nSPS) is 22.7. The second-order valence-corrected chi connectivity index (χ2v) is 9.45. The Bertz CT molecular complexity index is 1240. The highest BCUT2D eigenvalue weighted by molar-refractivity contribution is 6.07. The van der Waals surface area contributed by atoms with Gasteiger partial charge in [-0.3, -0.25) is 14.5 Å². The SMILES string of the molecule is COC(=O)CC1C(=O)N(C2CCN(C3Cc4cccc5cccc3c45)CC2)c2ccccc21. The summed E-state index contributed by atoms with van der Waals surface area (Å²) in [6.45, 7) is 1.93. The Kier molecular flexibility index (Phi) is 4.95. The molecule has 3 aromatic carbocycles. The minimum atomic E-state index is -0.436. The summed E-state index contributed by atoms with van der Waals surface area (Å²) < 4.78 is 4.86. The lowest BCUT2D eigenvalue weighted by atomic mass is 9.97. The fourth-order valence-corrected chi connectivity index (χ4v) is 6.24. The van der Waals surface area contributed by atoms with Crippen molar-refractivity contribution >= 4 is 28.3 Å². The smallest absolute Gasteiger partial charge is 0.306 e. The van der Waals surface area contributed by atoms with Crippen molar-refractivity contribution in [1.29, 1.82) is 0 Å². The molecule has 2 aliphatic heterocycles. The molecule has 6 rings (SSSR count). The average molecular weight is 441 g/mol. The number of anilines is 1. The number of methoxy groups -OCH3 is 1. The van der Waals surface area contributed by atoms with E-state index in [1.807, 2.05) is 29.2 Å². The molecule has 5 nitrogen and oxygen atoms in total. The molecule has 2 heterocycles. The predicted octanol–water partition coefficient (Wildman–Crippen LogP) is 4.59. The lowest BCUT2D eigenvalue weighted by Gasteiger charge is -2.40. The minimum absolute atomic E-state index is 0.0399. The predicted molar refractivity (Wildman–Crippen MR) is 128 cm³/mol. The summed E-state index contributed by atoms with van der Waals surface area (Å²) >= 11 is 0. The zero-order valence-electron chi connectivity index (χ0n) is 18.9. The van der Waals surface area contributed by atoms with E-state index in [1.165, 1.54) is 29.0 Å². The molecule has 5 heteroatoms. The van der Waals surface area contributed by atoms with Crippen molar-refractivity contribution in [2.75, 3.05) is 25.1 Å². The van der Waals surface area contributed by atoms with Gasteiger partial charge in [0.15, 0.2) is 0 Å². The Hall–Kier alpha value is -3.18. The Morgan fingerprint density at radius 3 is 2.48 bits per heavy atom. The van der Waals surface area contributed by atoms with Crippen molar-refractivity contribution in [2.45, 2.75) is 43.7 Å². The van der Waals surface area contributed by atoms with Gasteiger partial charge in [-0.2, -0.15) is 0 Å². The molecule has 1 fully saturated rings. The number of hydrogen-bond acceptors (Lipinski definition) is 4. The van der Waals surface area contributed by atoms with Crippen molar-refractivity contribution in [3.05, 3.63) is 77.4 Å². The maximum absolute atomic E-state index is 13.4. The van der Waals surface area contributed by atoms with Crippen molar-refractivity contribution in [3.63, 3.8) is 0 Å². The van der Waals surface area contributed by atoms with Gasteiger partial charge in [-0.05, 0) is 52.8 Å². The monoisotopic (exact) mass is 440 g/mol. The lowest BCUT2D eigenvalue weighted by Crippen LogP contribution is -2.47. The first-order chi connectivity index (χ1) is 16.2. The summed E-state index contributed by atoms with van der Waals surface area (Å²) in [7, 11) is 1.38. The van der Waals surface area contributed by atoms with Gasteiger partial charge in [-0.15, -0.1) is 0 Å². The number of ether oxygens (including phenoxy) is 1. The van der Waals surface area contributed by atoms with E-state index in [0.717, 1.165) is 43.6 Å². The quantitative estimate of drug-likeness (QED) is 0.557. The Morgan fingerprint density at radius 2 is 1.70 bits per heavy atom. The van der Waals surface area contributed by atoms with Crippen LogP contribution < -0.4 is 4.90 Å². The molecule has 2 atom stereocenters. The van der Waals surface area contributed by atoms with Gasteiger partial charge in [0, 0.05) is 30.9 Å². The second-order valence-electron chi connectivity index (χ2n) is 9.45. The summed E-state index contributed by atoms with van der Waals surface area (Å²) in [6.07, 6.45) is 3.04. The number of carbonyl (C=O) groups is 2. The number of piperidine rings is 1. The zero-order chi connectivity index (χ0) is 22.5. The molecule has 1 saturated heterocycles. The molecule has 1 aliphatic carbocycles. The van der Waals surface area contributed by atoms with E-state index in [-0.39, 0.29) is 24.3 Å². The molecule has 0 N–H and O–H groups in total. The molecule has 3 aliphatic rings. The van der Waals surface area contributed by atoms with E-state index in [0.29, 0.717) is 6.04 Å². The fraction of sp³-hybridized carbons (Fsp3) is 0.357. The lowest BCUT2D eigenvalue weighted by molar-refractivity contribution is -0.142. The van der Waals surface area contributed by atoms with Crippen molar-refractivity contribution in [2.24, 2.45) is 0 Å². The van der Waals surface area contributed by atoms with Gasteiger partial charge in [0.05, 0.1) is 19.4 Å². The fourth-order valence-electron chi connectivity index (χ4n) is 6.24. The number of rotatable bonds is 4. The molecule has 0 spiro atoms. The van der Waals surface area contributed by atoms with Gasteiger partial charge < -0.3 is 9.64 Å². The number of para-hydroxylation sites is 1. The number of hydrogen-bond donors (Lipinski definition) is 0. The summed E-state index contributed by atoms with van der Waals surface area (Å²) in [5, 5.41) is 2.76. The van der Waals surface area contributed by atoms with Crippen LogP contribution in [0.15, 0.2) is 60.7 Å². The largest absolute Gasteiger partial charge is 0.469 e. The van der Waals surface area contributed by atoms with E-state index in [9.17, 15) is 9.59 Å². The van der Waals surface area contributed by atoms with E-state index in [4.69, 9.17) is 4.74 Å². The number of likely N-dealkylation sites (tertiary alicyclic amines) is 1. The third kappa shape index (κ3) is 3.25. The van der Waals surface area contributed by atoms with E-state index in [1.54, 1.807) is 0 Å². The molecule has 2 unspecified atom stereocenters. The number of fused-ring (bicyclic) bond motifs is 1. The van der Waals surface area contributed by atoms with Gasteiger partial charge in [0.25, 0.3) is 0 Å². The zero-order valence-corrected chi connectivity index (χ0v) is 18.9. The Morgan fingerprint density at radius 1 is 0.970 bits per heavy atom. The van der Waals surface area contributed by atoms with Gasteiger partial charge >= 0.3 is 5.97 Å². The van der Waals surface area contributed by atoms with E-state index in [2.05, 4.69) is 41.3 Å². The molecule has 0 radical (unpaired) electrons. The van der Waals surface area contributed by atoms with Crippen LogP contribution in [0.2, 0.25) is 0 Å². The first kappa shape index (κ1) is 20.4. The Balaban J connectivity index is 1.21. The second kappa shape index (κ2) is 7.99. The van der Waals surface area contributed by atoms with Crippen LogP contribution in [0.3, 0.4) is 0 Å². The van der Waals surface area contributed by atoms with Crippen LogP contribution in [-0.4, -0.2) is 43.0 Å². The molecule has 3 aromatic rings. The number of benzene rings is 3. The van der Waals surface area contributed by atoms with E-state index < -0.39 is 5.92 Å². The maximum Gasteiger partial charge on any atom is 0.306 e. The third-order valence-corrected chi connectivity index (χ3v) is 7.81. The van der Waals surface area contributed by atoms with Gasteiger partial charge in [0.1, 0.15) is 0 Å². The molecule has 0 saturated carbocycles. The average Bonchev–Trinajstić information content (AvgIpc) is 3.36. The number of esters is 1. The van der Waals surface area contributed by atoms with Crippen LogP contribution >= 0.6 is 0 Å². The first-order valence-electron chi connectivity index (χ1n) is 11.9. The molecule has 0 bridgehead atoms. The Labute approximate surface area is 193 Å². The van der Waals surface area contributed by atoms with Gasteiger partial charge in [-0.1, -0.05) is 54.6 Å². The number of carbonyl (C=O) groups excluding carboxylic acids is 2. The van der Waals surface area contributed by atoms with Crippen LogP contribution in [0.4, 0.5) is 5.69 Å². The third-order valence-electron chi connectivity index (χ3n) is 7.81. The standard InChI is InChI=1S/C28H28N2O3/c1-33-26(31)17-23-21-9-2-3-11-24(21)30(28(23)32)20-12-14-29(15-13-20)25-16-19-8-4-6-18-7-5-10-22(25)27(18)19/h2-11,20,23,25H,12-17H2,1H3. The highest BCUT2D eigenvalue weighted by Crippen LogP contribution is 2.44. The summed E-state index contributed by atoms with van der Waals surface area (Å²) in [4.78, 5) is 30.0. The van der Waals surface area contributed by atoms with Gasteiger partial charge in [-0.25, -0.2) is 0 Å². The van der Waals surface area contributed by atoms with Crippen molar-refractivity contribution < 1.29 is 14.3 Å².